The molecule has 4 aromatic rings. The Hall–Kier alpha value is -3.19. The van der Waals surface area contributed by atoms with Crippen LogP contribution in [0.4, 0.5) is 11.6 Å². The molecule has 0 aliphatic rings. The third-order valence-corrected chi connectivity index (χ3v) is 4.22. The van der Waals surface area contributed by atoms with Gasteiger partial charge in [0, 0.05) is 36.6 Å². The number of nitrogens with zero attached hydrogens (tertiary/aromatic N) is 5. The quantitative estimate of drug-likeness (QED) is 0.553. The standard InChI is InChI=1S/C18H15ClN6O/c1-25-10-13(9-22-25)11-3-4-14(15(7-11)26-2)23-18-21-8-12-5-6-20-17(19)16(12)24-18/h3-10H,1-2H3,(H,21,23,24). The van der Waals surface area contributed by atoms with Crippen LogP contribution < -0.4 is 10.1 Å². The van der Waals surface area contributed by atoms with Crippen molar-refractivity contribution in [3.05, 3.63) is 54.2 Å². The minimum Gasteiger partial charge on any atom is -0.495 e. The van der Waals surface area contributed by atoms with Crippen molar-refractivity contribution >= 4 is 34.1 Å². The highest BCUT2D eigenvalue weighted by Gasteiger charge is 2.10. The second-order valence-corrected chi connectivity index (χ2v) is 6.03. The van der Waals surface area contributed by atoms with E-state index in [2.05, 4.69) is 25.4 Å². The van der Waals surface area contributed by atoms with Gasteiger partial charge in [0.25, 0.3) is 0 Å². The maximum atomic E-state index is 6.12. The van der Waals surface area contributed by atoms with Crippen molar-refractivity contribution in [3.8, 4) is 16.9 Å². The Labute approximate surface area is 154 Å². The van der Waals surface area contributed by atoms with Crippen molar-refractivity contribution in [2.24, 2.45) is 7.05 Å². The lowest BCUT2D eigenvalue weighted by molar-refractivity contribution is 0.417. The molecule has 26 heavy (non-hydrogen) atoms. The van der Waals surface area contributed by atoms with Crippen LogP contribution in [0.2, 0.25) is 5.15 Å². The van der Waals surface area contributed by atoms with Gasteiger partial charge in [-0.15, -0.1) is 0 Å². The Kier molecular flexibility index (Phi) is 4.14. The number of fused-ring (bicyclic) bond motifs is 1. The number of methoxy groups -OCH3 is 1. The summed E-state index contributed by atoms with van der Waals surface area (Å²) >= 11 is 6.12. The van der Waals surface area contributed by atoms with Crippen molar-refractivity contribution < 1.29 is 4.74 Å². The molecule has 1 N–H and O–H groups in total. The van der Waals surface area contributed by atoms with Gasteiger partial charge >= 0.3 is 0 Å². The van der Waals surface area contributed by atoms with Gasteiger partial charge in [-0.3, -0.25) is 4.68 Å². The van der Waals surface area contributed by atoms with Gasteiger partial charge in [-0.1, -0.05) is 17.7 Å². The minimum atomic E-state index is 0.340. The van der Waals surface area contributed by atoms with Crippen molar-refractivity contribution in [2.75, 3.05) is 12.4 Å². The average Bonchev–Trinajstić information content (AvgIpc) is 3.09. The molecule has 7 nitrogen and oxygen atoms in total. The third-order valence-electron chi connectivity index (χ3n) is 3.94. The van der Waals surface area contributed by atoms with Gasteiger partial charge in [0.1, 0.15) is 11.3 Å². The summed E-state index contributed by atoms with van der Waals surface area (Å²) in [6, 6.07) is 7.65. The van der Waals surface area contributed by atoms with Crippen LogP contribution in [0.15, 0.2) is 49.1 Å². The van der Waals surface area contributed by atoms with Crippen molar-refractivity contribution in [2.45, 2.75) is 0 Å². The Morgan fingerprint density at radius 2 is 2.00 bits per heavy atom. The van der Waals surface area contributed by atoms with E-state index in [1.807, 2.05) is 43.7 Å². The monoisotopic (exact) mass is 366 g/mol. The number of rotatable bonds is 4. The molecule has 0 unspecified atom stereocenters. The van der Waals surface area contributed by atoms with E-state index >= 15 is 0 Å². The van der Waals surface area contributed by atoms with E-state index in [0.717, 1.165) is 22.2 Å². The van der Waals surface area contributed by atoms with Gasteiger partial charge in [-0.2, -0.15) is 5.10 Å². The number of ether oxygens (including phenoxy) is 1. The van der Waals surface area contributed by atoms with Gasteiger partial charge in [0.15, 0.2) is 5.15 Å². The fourth-order valence-electron chi connectivity index (χ4n) is 2.65. The molecule has 0 amide bonds. The summed E-state index contributed by atoms with van der Waals surface area (Å²) < 4.78 is 7.27. The predicted molar refractivity (Wildman–Crippen MR) is 101 cm³/mol. The molecule has 0 bridgehead atoms. The lowest BCUT2D eigenvalue weighted by atomic mass is 10.1. The lowest BCUT2D eigenvalue weighted by Crippen LogP contribution is -2.00. The zero-order valence-corrected chi connectivity index (χ0v) is 14.9. The Bertz CT molecular complexity index is 1090. The van der Waals surface area contributed by atoms with Gasteiger partial charge in [-0.25, -0.2) is 15.0 Å². The normalized spacial score (nSPS) is 10.9. The van der Waals surface area contributed by atoms with E-state index in [0.29, 0.717) is 22.4 Å². The number of halogens is 1. The number of nitrogens with one attached hydrogen (secondary N) is 1. The molecule has 0 aliphatic carbocycles. The van der Waals surface area contributed by atoms with Crippen LogP contribution >= 0.6 is 11.6 Å². The van der Waals surface area contributed by atoms with Crippen LogP contribution in [-0.2, 0) is 7.05 Å². The zero-order valence-electron chi connectivity index (χ0n) is 14.1. The predicted octanol–water partition coefficient (Wildman–Crippen LogP) is 3.83. The number of anilines is 2. The van der Waals surface area contributed by atoms with Crippen LogP contribution in [0.1, 0.15) is 0 Å². The molecule has 0 radical (unpaired) electrons. The number of pyridine rings is 1. The highest BCUT2D eigenvalue weighted by atomic mass is 35.5. The maximum Gasteiger partial charge on any atom is 0.227 e. The fourth-order valence-corrected chi connectivity index (χ4v) is 2.86. The van der Waals surface area contributed by atoms with Crippen LogP contribution in [0, 0.1) is 0 Å². The van der Waals surface area contributed by atoms with Crippen molar-refractivity contribution in [1.29, 1.82) is 0 Å². The van der Waals surface area contributed by atoms with E-state index in [1.54, 1.807) is 24.2 Å². The number of hydrogen-bond acceptors (Lipinski definition) is 6. The molecule has 130 valence electrons. The second kappa shape index (κ2) is 6.61. The molecule has 3 heterocycles. The number of benzene rings is 1. The third kappa shape index (κ3) is 3.04. The minimum absolute atomic E-state index is 0.340. The topological polar surface area (TPSA) is 77.8 Å². The van der Waals surface area contributed by atoms with Crippen LogP contribution in [0.3, 0.4) is 0 Å². The number of aromatic nitrogens is 5. The summed E-state index contributed by atoms with van der Waals surface area (Å²) in [6.07, 6.45) is 7.09. The maximum absolute atomic E-state index is 6.12. The first-order valence-corrected chi connectivity index (χ1v) is 8.23. The molecule has 0 saturated heterocycles. The fraction of sp³-hybridized carbons (Fsp3) is 0.111. The summed E-state index contributed by atoms with van der Waals surface area (Å²) in [6.45, 7) is 0. The van der Waals surface area contributed by atoms with E-state index in [-0.39, 0.29) is 0 Å². The molecule has 3 aromatic heterocycles. The smallest absolute Gasteiger partial charge is 0.227 e. The first-order chi connectivity index (χ1) is 12.6. The Morgan fingerprint density at radius 3 is 2.77 bits per heavy atom. The van der Waals surface area contributed by atoms with E-state index in [4.69, 9.17) is 16.3 Å². The van der Waals surface area contributed by atoms with Crippen molar-refractivity contribution in [3.63, 3.8) is 0 Å². The Morgan fingerprint density at radius 1 is 1.12 bits per heavy atom. The molecule has 8 heteroatoms. The summed E-state index contributed by atoms with van der Waals surface area (Å²) in [4.78, 5) is 12.8. The second-order valence-electron chi connectivity index (χ2n) is 5.68. The summed E-state index contributed by atoms with van der Waals surface area (Å²) in [7, 11) is 3.50. The van der Waals surface area contributed by atoms with Gasteiger partial charge < -0.3 is 10.1 Å². The first kappa shape index (κ1) is 16.3. The lowest BCUT2D eigenvalue weighted by Gasteiger charge is -2.12. The van der Waals surface area contributed by atoms with Gasteiger partial charge in [-0.05, 0) is 23.8 Å². The molecule has 4 rings (SSSR count). The molecule has 0 aliphatic heterocycles. The van der Waals surface area contributed by atoms with Crippen LogP contribution in [0.25, 0.3) is 22.0 Å². The molecule has 0 saturated carbocycles. The van der Waals surface area contributed by atoms with Crippen LogP contribution in [-0.4, -0.2) is 31.8 Å². The zero-order chi connectivity index (χ0) is 18.1. The van der Waals surface area contributed by atoms with Gasteiger partial charge in [0.05, 0.1) is 19.0 Å². The number of hydrogen-bond donors (Lipinski definition) is 1. The first-order valence-electron chi connectivity index (χ1n) is 7.85. The summed E-state index contributed by atoms with van der Waals surface area (Å²) in [5, 5.41) is 8.54. The van der Waals surface area contributed by atoms with Crippen LogP contribution in [0.5, 0.6) is 5.75 Å². The highest BCUT2D eigenvalue weighted by Crippen LogP contribution is 2.32. The molecule has 0 spiro atoms. The highest BCUT2D eigenvalue weighted by molar-refractivity contribution is 6.33. The largest absolute Gasteiger partial charge is 0.495 e. The molecule has 1 aromatic carbocycles. The Balaban J connectivity index is 1.68. The number of aryl methyl sites for hydroxylation is 1. The SMILES string of the molecule is COc1cc(-c2cnn(C)c2)ccc1Nc1ncc2ccnc(Cl)c2n1. The molecule has 0 fully saturated rings. The van der Waals surface area contributed by atoms with Crippen molar-refractivity contribution in [1.82, 2.24) is 24.7 Å². The summed E-state index contributed by atoms with van der Waals surface area (Å²) in [5.41, 5.74) is 3.36. The summed E-state index contributed by atoms with van der Waals surface area (Å²) in [5.74, 6) is 1.09. The molecular formula is C18H15ClN6O. The van der Waals surface area contributed by atoms with E-state index in [9.17, 15) is 0 Å². The molecule has 0 atom stereocenters. The molecular weight excluding hydrogens is 352 g/mol. The van der Waals surface area contributed by atoms with Gasteiger partial charge in [0.2, 0.25) is 5.95 Å². The van der Waals surface area contributed by atoms with E-state index < -0.39 is 0 Å². The average molecular weight is 367 g/mol. The van der Waals surface area contributed by atoms with E-state index in [1.165, 1.54) is 0 Å².